The Labute approximate surface area is 93.1 Å². The fourth-order valence-corrected chi connectivity index (χ4v) is 1.63. The number of rotatable bonds is 2. The van der Waals surface area contributed by atoms with Gasteiger partial charge in [0, 0.05) is 11.1 Å². The van der Waals surface area contributed by atoms with Crippen molar-refractivity contribution in [1.29, 1.82) is 0 Å². The van der Waals surface area contributed by atoms with Crippen LogP contribution in [0.5, 0.6) is 0 Å². The number of nitrogens with zero attached hydrogens (tertiary/aromatic N) is 1. The van der Waals surface area contributed by atoms with Crippen molar-refractivity contribution in [2.45, 2.75) is 20.3 Å². The summed E-state index contributed by atoms with van der Waals surface area (Å²) in [5, 5.41) is 3.86. The van der Waals surface area contributed by atoms with Crippen molar-refractivity contribution in [3.05, 3.63) is 35.1 Å². The first kappa shape index (κ1) is 10.7. The van der Waals surface area contributed by atoms with Gasteiger partial charge in [0.25, 0.3) is 0 Å². The Bertz CT molecular complexity index is 520. The second kappa shape index (κ2) is 3.96. The molecule has 0 fully saturated rings. The average molecular weight is 220 g/mol. The molecule has 4 heteroatoms. The molecule has 1 aromatic heterocycles. The molecular formula is C12H13FN2O. The zero-order valence-corrected chi connectivity index (χ0v) is 9.25. The average Bonchev–Trinajstić information content (AvgIpc) is 2.63. The number of halogens is 1. The van der Waals surface area contributed by atoms with Crippen LogP contribution in [0.25, 0.3) is 11.3 Å². The summed E-state index contributed by atoms with van der Waals surface area (Å²) in [6, 6.07) is 4.98. The fourth-order valence-electron chi connectivity index (χ4n) is 1.63. The maximum Gasteiger partial charge on any atom is 0.225 e. The van der Waals surface area contributed by atoms with Crippen molar-refractivity contribution in [3.63, 3.8) is 0 Å². The topological polar surface area (TPSA) is 52.0 Å². The van der Waals surface area contributed by atoms with Gasteiger partial charge in [-0.15, -0.1) is 0 Å². The number of hydrogen-bond donors (Lipinski definition) is 1. The number of benzene rings is 1. The van der Waals surface area contributed by atoms with Gasteiger partial charge in [-0.25, -0.2) is 4.39 Å². The van der Waals surface area contributed by atoms with Crippen LogP contribution in [0.15, 0.2) is 22.7 Å². The molecule has 3 nitrogen and oxygen atoms in total. The van der Waals surface area contributed by atoms with E-state index in [-0.39, 0.29) is 5.82 Å². The number of anilines is 1. The SMILES string of the molecule is CCc1c(-c2ccc(C)c(F)c2)noc1N. The fraction of sp³-hybridized carbons (Fsp3) is 0.250. The van der Waals surface area contributed by atoms with E-state index in [9.17, 15) is 4.39 Å². The Kier molecular flexibility index (Phi) is 2.64. The Balaban J connectivity index is 2.54. The molecule has 0 saturated heterocycles. The maximum absolute atomic E-state index is 13.4. The third kappa shape index (κ3) is 1.66. The van der Waals surface area contributed by atoms with Crippen molar-refractivity contribution < 1.29 is 8.91 Å². The zero-order valence-electron chi connectivity index (χ0n) is 9.25. The van der Waals surface area contributed by atoms with E-state index in [2.05, 4.69) is 5.16 Å². The van der Waals surface area contributed by atoms with E-state index in [0.29, 0.717) is 29.1 Å². The van der Waals surface area contributed by atoms with Crippen LogP contribution in [0.2, 0.25) is 0 Å². The molecule has 84 valence electrons. The first-order chi connectivity index (χ1) is 7.63. The van der Waals surface area contributed by atoms with Crippen molar-refractivity contribution in [1.82, 2.24) is 5.16 Å². The predicted octanol–water partition coefficient (Wildman–Crippen LogP) is 2.93. The number of nitrogen functional groups attached to an aromatic ring is 1. The number of aryl methyl sites for hydroxylation is 1. The molecule has 0 radical (unpaired) electrons. The maximum atomic E-state index is 13.4. The highest BCUT2D eigenvalue weighted by Crippen LogP contribution is 2.28. The summed E-state index contributed by atoms with van der Waals surface area (Å²) in [6.45, 7) is 3.67. The molecule has 0 atom stereocenters. The molecular weight excluding hydrogens is 207 g/mol. The van der Waals surface area contributed by atoms with E-state index < -0.39 is 0 Å². The van der Waals surface area contributed by atoms with Gasteiger partial charge in [0.1, 0.15) is 11.5 Å². The van der Waals surface area contributed by atoms with Gasteiger partial charge in [-0.3, -0.25) is 0 Å². The first-order valence-corrected chi connectivity index (χ1v) is 5.14. The molecule has 1 aromatic carbocycles. The van der Waals surface area contributed by atoms with Gasteiger partial charge in [-0.2, -0.15) is 0 Å². The van der Waals surface area contributed by atoms with Crippen LogP contribution in [0, 0.1) is 12.7 Å². The number of hydrogen-bond acceptors (Lipinski definition) is 3. The van der Waals surface area contributed by atoms with Crippen LogP contribution >= 0.6 is 0 Å². The molecule has 0 aliphatic carbocycles. The molecule has 2 rings (SSSR count). The first-order valence-electron chi connectivity index (χ1n) is 5.14. The van der Waals surface area contributed by atoms with E-state index in [1.54, 1.807) is 13.0 Å². The van der Waals surface area contributed by atoms with E-state index in [1.807, 2.05) is 13.0 Å². The second-order valence-corrected chi connectivity index (χ2v) is 3.69. The molecule has 16 heavy (non-hydrogen) atoms. The minimum Gasteiger partial charge on any atom is -0.367 e. The van der Waals surface area contributed by atoms with Gasteiger partial charge < -0.3 is 10.3 Å². The highest BCUT2D eigenvalue weighted by molar-refractivity contribution is 5.67. The van der Waals surface area contributed by atoms with Crippen LogP contribution in [-0.2, 0) is 6.42 Å². The molecule has 0 unspecified atom stereocenters. The molecule has 2 aromatic rings. The van der Waals surface area contributed by atoms with Gasteiger partial charge in [0.15, 0.2) is 0 Å². The summed E-state index contributed by atoms with van der Waals surface area (Å²) in [5.74, 6) is 0.0552. The number of aromatic nitrogens is 1. The second-order valence-electron chi connectivity index (χ2n) is 3.69. The monoisotopic (exact) mass is 220 g/mol. The summed E-state index contributed by atoms with van der Waals surface area (Å²) < 4.78 is 18.3. The van der Waals surface area contributed by atoms with Gasteiger partial charge in [-0.05, 0) is 25.0 Å². The molecule has 0 spiro atoms. The highest BCUT2D eigenvalue weighted by Gasteiger charge is 2.14. The van der Waals surface area contributed by atoms with E-state index >= 15 is 0 Å². The van der Waals surface area contributed by atoms with Crippen molar-refractivity contribution in [3.8, 4) is 11.3 Å². The number of nitrogens with two attached hydrogens (primary N) is 1. The van der Waals surface area contributed by atoms with Gasteiger partial charge in [0.05, 0.1) is 0 Å². The zero-order chi connectivity index (χ0) is 11.7. The molecule has 1 heterocycles. The Morgan fingerprint density at radius 2 is 2.19 bits per heavy atom. The molecule has 0 saturated carbocycles. The summed E-state index contributed by atoms with van der Waals surface area (Å²) in [7, 11) is 0. The highest BCUT2D eigenvalue weighted by atomic mass is 19.1. The lowest BCUT2D eigenvalue weighted by Crippen LogP contribution is -1.91. The minimum absolute atomic E-state index is 0.249. The summed E-state index contributed by atoms with van der Waals surface area (Å²) in [5.41, 5.74) is 8.39. The van der Waals surface area contributed by atoms with Crippen molar-refractivity contribution >= 4 is 5.88 Å². The van der Waals surface area contributed by atoms with Gasteiger partial charge >= 0.3 is 0 Å². The van der Waals surface area contributed by atoms with Crippen LogP contribution < -0.4 is 5.73 Å². The molecule has 0 aliphatic heterocycles. The normalized spacial score (nSPS) is 10.7. The molecule has 2 N–H and O–H groups in total. The van der Waals surface area contributed by atoms with Crippen LogP contribution in [0.4, 0.5) is 10.3 Å². The van der Waals surface area contributed by atoms with E-state index in [4.69, 9.17) is 10.3 Å². The summed E-state index contributed by atoms with van der Waals surface area (Å²) in [6.07, 6.45) is 0.708. The minimum atomic E-state index is -0.249. The van der Waals surface area contributed by atoms with E-state index in [0.717, 1.165) is 5.56 Å². The third-order valence-corrected chi connectivity index (χ3v) is 2.62. The van der Waals surface area contributed by atoms with E-state index in [1.165, 1.54) is 6.07 Å². The quantitative estimate of drug-likeness (QED) is 0.846. The summed E-state index contributed by atoms with van der Waals surface area (Å²) >= 11 is 0. The Morgan fingerprint density at radius 3 is 2.81 bits per heavy atom. The lowest BCUT2D eigenvalue weighted by Gasteiger charge is -2.01. The van der Waals surface area contributed by atoms with Crippen LogP contribution in [0.3, 0.4) is 0 Å². The standard InChI is InChI=1S/C12H13FN2O/c1-3-9-11(15-16-12(9)14)8-5-4-7(2)10(13)6-8/h4-6H,3,14H2,1-2H3. The smallest absolute Gasteiger partial charge is 0.225 e. The molecule has 0 amide bonds. The third-order valence-electron chi connectivity index (χ3n) is 2.62. The lowest BCUT2D eigenvalue weighted by atomic mass is 10.0. The van der Waals surface area contributed by atoms with Crippen LogP contribution in [0.1, 0.15) is 18.1 Å². The Hall–Kier alpha value is -1.84. The summed E-state index contributed by atoms with van der Waals surface area (Å²) in [4.78, 5) is 0. The largest absolute Gasteiger partial charge is 0.367 e. The van der Waals surface area contributed by atoms with Gasteiger partial charge in [-0.1, -0.05) is 24.2 Å². The Morgan fingerprint density at radius 1 is 1.44 bits per heavy atom. The molecule has 0 bridgehead atoms. The van der Waals surface area contributed by atoms with Crippen LogP contribution in [-0.4, -0.2) is 5.16 Å². The van der Waals surface area contributed by atoms with Crippen molar-refractivity contribution in [2.24, 2.45) is 0 Å². The lowest BCUT2D eigenvalue weighted by molar-refractivity contribution is 0.438. The predicted molar refractivity (Wildman–Crippen MR) is 60.4 cm³/mol. The van der Waals surface area contributed by atoms with Gasteiger partial charge in [0.2, 0.25) is 5.88 Å². The molecule has 0 aliphatic rings. The van der Waals surface area contributed by atoms with Crippen molar-refractivity contribution in [2.75, 3.05) is 5.73 Å².